The van der Waals surface area contributed by atoms with Gasteiger partial charge in [0.05, 0.1) is 6.61 Å². The molecular formula is C16H16BN3O7S. The number of rotatable bonds is 6. The van der Waals surface area contributed by atoms with Crippen molar-refractivity contribution in [1.82, 2.24) is 4.98 Å². The molecule has 12 heteroatoms. The fourth-order valence-corrected chi connectivity index (χ4v) is 3.60. The molecule has 0 unspecified atom stereocenters. The molecule has 2 heterocycles. The van der Waals surface area contributed by atoms with Gasteiger partial charge in [0.25, 0.3) is 0 Å². The molecule has 1 atom stereocenters. The third-order valence-electron chi connectivity index (χ3n) is 4.34. The first-order chi connectivity index (χ1) is 13.3. The Balaban J connectivity index is 1.85. The lowest BCUT2D eigenvalue weighted by atomic mass is 9.64. The number of carbonyl (C=O) groups is 2. The van der Waals surface area contributed by atoms with Gasteiger partial charge in [-0.1, -0.05) is 5.16 Å². The second kappa shape index (κ2) is 7.96. The van der Waals surface area contributed by atoms with Gasteiger partial charge in [0.1, 0.15) is 17.0 Å². The van der Waals surface area contributed by atoms with Crippen LogP contribution in [-0.2, 0) is 17.8 Å². The van der Waals surface area contributed by atoms with Crippen molar-refractivity contribution in [3.63, 3.8) is 0 Å². The SMILES string of the molecule is Nc1nc(/C(=N/O)C(=O)C[C@H]2Cc3cc(CO)cc(C(=O)O)c3OB2O)cs1. The van der Waals surface area contributed by atoms with Crippen molar-refractivity contribution in [2.75, 3.05) is 5.73 Å². The van der Waals surface area contributed by atoms with E-state index < -0.39 is 24.7 Å². The number of nitrogen functional groups attached to an aromatic ring is 1. The van der Waals surface area contributed by atoms with Crippen LogP contribution in [0.4, 0.5) is 5.13 Å². The fourth-order valence-electron chi connectivity index (χ4n) is 3.05. The Morgan fingerprint density at radius 1 is 1.43 bits per heavy atom. The van der Waals surface area contributed by atoms with E-state index in [1.807, 2.05) is 0 Å². The van der Waals surface area contributed by atoms with Crippen molar-refractivity contribution < 1.29 is 34.7 Å². The monoisotopic (exact) mass is 405 g/mol. The highest BCUT2D eigenvalue weighted by molar-refractivity contribution is 7.13. The Kier molecular flexibility index (Phi) is 5.63. The minimum atomic E-state index is -1.44. The van der Waals surface area contributed by atoms with Crippen molar-refractivity contribution in [2.45, 2.75) is 25.3 Å². The number of carboxylic acid groups (broad SMARTS) is 1. The Bertz CT molecular complexity index is 962. The maximum absolute atomic E-state index is 12.5. The van der Waals surface area contributed by atoms with Crippen molar-refractivity contribution in [3.05, 3.63) is 39.9 Å². The quantitative estimate of drug-likeness (QED) is 0.199. The number of carbonyl (C=O) groups excluding carboxylic acids is 1. The van der Waals surface area contributed by atoms with E-state index in [0.29, 0.717) is 11.1 Å². The topological polar surface area (TPSA) is 176 Å². The lowest BCUT2D eigenvalue weighted by Gasteiger charge is -2.28. The molecule has 1 aromatic carbocycles. The van der Waals surface area contributed by atoms with Crippen molar-refractivity contribution in [2.24, 2.45) is 5.16 Å². The number of hydrogen-bond donors (Lipinski definition) is 5. The minimum Gasteiger partial charge on any atom is -0.535 e. The number of thiazole rings is 1. The molecule has 1 aliphatic rings. The van der Waals surface area contributed by atoms with E-state index in [9.17, 15) is 30.0 Å². The van der Waals surface area contributed by atoms with Gasteiger partial charge < -0.3 is 30.8 Å². The van der Waals surface area contributed by atoms with Crippen LogP contribution >= 0.6 is 11.3 Å². The molecule has 0 radical (unpaired) electrons. The number of anilines is 1. The molecule has 1 aliphatic heterocycles. The van der Waals surface area contributed by atoms with Crippen LogP contribution < -0.4 is 10.4 Å². The highest BCUT2D eigenvalue weighted by Crippen LogP contribution is 2.37. The van der Waals surface area contributed by atoms with Gasteiger partial charge in [-0.2, -0.15) is 0 Å². The number of ketones is 1. The number of aromatic nitrogens is 1. The molecular weight excluding hydrogens is 389 g/mol. The number of aliphatic hydroxyl groups is 1. The summed E-state index contributed by atoms with van der Waals surface area (Å²) >= 11 is 1.08. The van der Waals surface area contributed by atoms with Gasteiger partial charge in [-0.25, -0.2) is 9.78 Å². The summed E-state index contributed by atoms with van der Waals surface area (Å²) in [5.41, 5.74) is 6.00. The molecule has 0 saturated carbocycles. The summed E-state index contributed by atoms with van der Waals surface area (Å²) in [5.74, 6) is -2.56. The Morgan fingerprint density at radius 3 is 2.75 bits per heavy atom. The molecule has 6 N–H and O–H groups in total. The highest BCUT2D eigenvalue weighted by Gasteiger charge is 2.39. The standard InChI is InChI=1S/C16H16BN3O7S/c18-16-19-11(6-28-16)13(20-26)12(22)4-9-3-8-1-7(5-21)2-10(15(23)24)14(8)27-17(9)25/h1-2,6,9,21,25-26H,3-5H2,(H2,18,19)(H,23,24)/b20-13-/t9-/m1/s1. The molecule has 0 amide bonds. The second-order valence-corrected chi connectivity index (χ2v) is 7.10. The van der Waals surface area contributed by atoms with Crippen LogP contribution in [0.3, 0.4) is 0 Å². The number of hydrogen-bond acceptors (Lipinski definition) is 10. The van der Waals surface area contributed by atoms with Crippen LogP contribution in [0.5, 0.6) is 5.75 Å². The predicted molar refractivity (Wildman–Crippen MR) is 99.9 cm³/mol. The van der Waals surface area contributed by atoms with Gasteiger partial charge in [0, 0.05) is 17.6 Å². The maximum atomic E-state index is 12.5. The zero-order chi connectivity index (χ0) is 20.4. The summed E-state index contributed by atoms with van der Waals surface area (Å²) in [6.45, 7) is -0.369. The number of oxime groups is 1. The number of carboxylic acids is 1. The van der Waals surface area contributed by atoms with E-state index in [1.165, 1.54) is 11.4 Å². The number of aromatic carboxylic acids is 1. The first-order valence-electron chi connectivity index (χ1n) is 8.15. The number of fused-ring (bicyclic) bond motifs is 1. The van der Waals surface area contributed by atoms with Gasteiger partial charge in [-0.05, 0) is 29.7 Å². The van der Waals surface area contributed by atoms with E-state index in [1.54, 1.807) is 6.07 Å². The summed E-state index contributed by atoms with van der Waals surface area (Å²) in [7, 11) is -1.44. The molecule has 0 bridgehead atoms. The fraction of sp³-hybridized carbons (Fsp3) is 0.250. The van der Waals surface area contributed by atoms with Crippen LogP contribution in [0.15, 0.2) is 22.7 Å². The van der Waals surface area contributed by atoms with Crippen LogP contribution in [0.2, 0.25) is 5.82 Å². The molecule has 0 fully saturated rings. The van der Waals surface area contributed by atoms with Gasteiger partial charge in [-0.15, -0.1) is 11.3 Å². The zero-order valence-corrected chi connectivity index (χ0v) is 15.2. The predicted octanol–water partition coefficient (Wildman–Crippen LogP) is 0.539. The van der Waals surface area contributed by atoms with Crippen molar-refractivity contribution in [1.29, 1.82) is 0 Å². The maximum Gasteiger partial charge on any atom is 0.526 e. The average Bonchev–Trinajstić information content (AvgIpc) is 3.08. The molecule has 0 aliphatic carbocycles. The van der Waals surface area contributed by atoms with Crippen LogP contribution in [0, 0.1) is 0 Å². The first-order valence-corrected chi connectivity index (χ1v) is 9.03. The molecule has 28 heavy (non-hydrogen) atoms. The Hall–Kier alpha value is -2.96. The van der Waals surface area contributed by atoms with Gasteiger partial charge in [0.15, 0.2) is 16.6 Å². The van der Waals surface area contributed by atoms with Gasteiger partial charge in [-0.3, -0.25) is 4.79 Å². The van der Waals surface area contributed by atoms with Crippen LogP contribution in [-0.4, -0.2) is 50.0 Å². The Labute approximate surface area is 163 Å². The van der Waals surface area contributed by atoms with Gasteiger partial charge in [0.2, 0.25) is 0 Å². The second-order valence-electron chi connectivity index (χ2n) is 6.21. The Morgan fingerprint density at radius 2 is 2.18 bits per heavy atom. The molecule has 0 spiro atoms. The number of nitrogens with zero attached hydrogens (tertiary/aromatic N) is 2. The number of Topliss-reactive ketones (excluding diaryl/α,β-unsaturated/α-hetero) is 1. The van der Waals surface area contributed by atoms with E-state index in [2.05, 4.69) is 10.1 Å². The summed E-state index contributed by atoms with van der Waals surface area (Å²) < 4.78 is 5.37. The summed E-state index contributed by atoms with van der Waals surface area (Å²) in [6, 6.07) is 2.83. The average molecular weight is 405 g/mol. The highest BCUT2D eigenvalue weighted by atomic mass is 32.1. The molecule has 1 aromatic heterocycles. The summed E-state index contributed by atoms with van der Waals surface area (Å²) in [6.07, 6.45) is -0.0997. The molecule has 3 rings (SSSR count). The van der Waals surface area contributed by atoms with E-state index in [-0.39, 0.29) is 47.3 Å². The molecule has 0 saturated heterocycles. The van der Waals surface area contributed by atoms with Crippen molar-refractivity contribution >= 4 is 41.1 Å². The van der Waals surface area contributed by atoms with Crippen LogP contribution in [0.1, 0.15) is 33.6 Å². The van der Waals surface area contributed by atoms with E-state index in [4.69, 9.17) is 10.4 Å². The van der Waals surface area contributed by atoms with Crippen LogP contribution in [0.25, 0.3) is 0 Å². The van der Waals surface area contributed by atoms with E-state index >= 15 is 0 Å². The van der Waals surface area contributed by atoms with Gasteiger partial charge >= 0.3 is 13.1 Å². The number of benzene rings is 1. The summed E-state index contributed by atoms with van der Waals surface area (Å²) in [5, 5.41) is 42.8. The minimum absolute atomic E-state index is 0.00391. The third-order valence-corrected chi connectivity index (χ3v) is 5.01. The lowest BCUT2D eigenvalue weighted by Crippen LogP contribution is -2.37. The number of nitrogens with two attached hydrogens (primary N) is 1. The smallest absolute Gasteiger partial charge is 0.526 e. The third kappa shape index (κ3) is 3.83. The zero-order valence-electron chi connectivity index (χ0n) is 14.4. The normalized spacial score (nSPS) is 16.4. The van der Waals surface area contributed by atoms with E-state index in [0.717, 1.165) is 11.3 Å². The molecule has 146 valence electrons. The molecule has 10 nitrogen and oxygen atoms in total. The lowest BCUT2D eigenvalue weighted by molar-refractivity contribution is -0.113. The number of aliphatic hydroxyl groups excluding tert-OH is 1. The summed E-state index contributed by atoms with van der Waals surface area (Å²) in [4.78, 5) is 27.9. The first kappa shape index (κ1) is 19.8. The largest absolute Gasteiger partial charge is 0.535 e. The van der Waals surface area contributed by atoms with Crippen molar-refractivity contribution in [3.8, 4) is 5.75 Å². The molecule has 2 aromatic rings.